The first-order valence-corrected chi connectivity index (χ1v) is 6.18. The van der Waals surface area contributed by atoms with Crippen molar-refractivity contribution in [3.63, 3.8) is 0 Å². The van der Waals surface area contributed by atoms with Crippen molar-refractivity contribution in [3.8, 4) is 0 Å². The van der Waals surface area contributed by atoms with E-state index in [1.54, 1.807) is 7.05 Å². The second kappa shape index (κ2) is 6.38. The third-order valence-electron chi connectivity index (χ3n) is 2.79. The first-order chi connectivity index (χ1) is 9.99. The molecule has 0 bridgehead atoms. The van der Waals surface area contributed by atoms with E-state index in [0.29, 0.717) is 12.2 Å². The highest BCUT2D eigenvalue weighted by atomic mass is 19.3. The van der Waals surface area contributed by atoms with Crippen LogP contribution in [0.2, 0.25) is 0 Å². The molecule has 1 amide bonds. The van der Waals surface area contributed by atoms with Gasteiger partial charge in [-0.05, 0) is 6.07 Å². The van der Waals surface area contributed by atoms with Crippen molar-refractivity contribution >= 4 is 5.91 Å². The molecule has 5 nitrogen and oxygen atoms in total. The molecule has 1 aromatic heterocycles. The maximum absolute atomic E-state index is 13.8. The molecule has 0 saturated heterocycles. The van der Waals surface area contributed by atoms with Gasteiger partial charge in [-0.15, -0.1) is 0 Å². The summed E-state index contributed by atoms with van der Waals surface area (Å²) in [5, 5.41) is 6.47. The van der Waals surface area contributed by atoms with Gasteiger partial charge in [-0.3, -0.25) is 9.48 Å². The SMILES string of the molecule is Cn1cnc(CCNC(=O)c2cccc(C(F)F)c2F)n1. The molecule has 0 unspecified atom stereocenters. The minimum absolute atomic E-state index is 0.182. The van der Waals surface area contributed by atoms with Gasteiger partial charge >= 0.3 is 0 Å². The fraction of sp³-hybridized carbons (Fsp3) is 0.308. The zero-order valence-corrected chi connectivity index (χ0v) is 11.2. The molecule has 0 saturated carbocycles. The third-order valence-corrected chi connectivity index (χ3v) is 2.79. The normalized spacial score (nSPS) is 10.9. The Hall–Kier alpha value is -2.38. The van der Waals surface area contributed by atoms with E-state index in [4.69, 9.17) is 0 Å². The number of aryl methyl sites for hydroxylation is 1. The van der Waals surface area contributed by atoms with Crippen LogP contribution in [0.5, 0.6) is 0 Å². The maximum Gasteiger partial charge on any atom is 0.266 e. The number of carbonyl (C=O) groups is 1. The predicted octanol–water partition coefficient (Wildman–Crippen LogP) is 1.86. The first kappa shape index (κ1) is 15.0. The van der Waals surface area contributed by atoms with Crippen LogP contribution in [0.4, 0.5) is 13.2 Å². The summed E-state index contributed by atoms with van der Waals surface area (Å²) in [4.78, 5) is 15.8. The molecule has 0 aliphatic heterocycles. The molecule has 0 aliphatic rings. The van der Waals surface area contributed by atoms with Crippen LogP contribution in [0.15, 0.2) is 24.5 Å². The fourth-order valence-electron chi connectivity index (χ4n) is 1.78. The van der Waals surface area contributed by atoms with Crippen LogP contribution < -0.4 is 5.32 Å². The molecule has 0 fully saturated rings. The van der Waals surface area contributed by atoms with Gasteiger partial charge in [-0.2, -0.15) is 5.10 Å². The molecule has 8 heteroatoms. The van der Waals surface area contributed by atoms with Gasteiger partial charge in [0.1, 0.15) is 12.1 Å². The number of carbonyl (C=O) groups excluding carboxylic acids is 1. The summed E-state index contributed by atoms with van der Waals surface area (Å²) in [5.41, 5.74) is -1.18. The van der Waals surface area contributed by atoms with Crippen LogP contribution in [0.1, 0.15) is 28.2 Å². The van der Waals surface area contributed by atoms with Crippen molar-refractivity contribution in [2.45, 2.75) is 12.8 Å². The fourth-order valence-corrected chi connectivity index (χ4v) is 1.78. The smallest absolute Gasteiger partial charge is 0.266 e. The van der Waals surface area contributed by atoms with Gasteiger partial charge in [-0.1, -0.05) is 12.1 Å². The largest absolute Gasteiger partial charge is 0.351 e. The van der Waals surface area contributed by atoms with Gasteiger partial charge in [0.15, 0.2) is 5.82 Å². The minimum atomic E-state index is -2.96. The number of rotatable bonds is 5. The molecule has 2 aromatic rings. The van der Waals surface area contributed by atoms with E-state index in [9.17, 15) is 18.0 Å². The summed E-state index contributed by atoms with van der Waals surface area (Å²) in [6, 6.07) is 3.34. The molecular weight excluding hydrogens is 285 g/mol. The van der Waals surface area contributed by atoms with Gasteiger partial charge in [0, 0.05) is 20.0 Å². The topological polar surface area (TPSA) is 59.8 Å². The number of halogens is 3. The monoisotopic (exact) mass is 298 g/mol. The van der Waals surface area contributed by atoms with Gasteiger partial charge in [0.05, 0.1) is 11.1 Å². The molecule has 0 aliphatic carbocycles. The average molecular weight is 298 g/mol. The Bertz CT molecular complexity index is 642. The zero-order valence-electron chi connectivity index (χ0n) is 11.2. The Morgan fingerprint density at radius 2 is 2.19 bits per heavy atom. The number of hydrogen-bond acceptors (Lipinski definition) is 3. The molecule has 0 spiro atoms. The molecule has 0 radical (unpaired) electrons. The lowest BCUT2D eigenvalue weighted by Gasteiger charge is -2.08. The summed E-state index contributed by atoms with van der Waals surface area (Å²) in [5.74, 6) is -1.41. The van der Waals surface area contributed by atoms with Crippen molar-refractivity contribution in [2.24, 2.45) is 7.05 Å². The number of amides is 1. The van der Waals surface area contributed by atoms with Gasteiger partial charge < -0.3 is 5.32 Å². The van der Waals surface area contributed by atoms with Crippen LogP contribution in [0.25, 0.3) is 0 Å². The van der Waals surface area contributed by atoms with E-state index < -0.39 is 29.3 Å². The lowest BCUT2D eigenvalue weighted by molar-refractivity contribution is 0.0948. The van der Waals surface area contributed by atoms with E-state index in [2.05, 4.69) is 15.4 Å². The molecular formula is C13H13F3N4O. The predicted molar refractivity (Wildman–Crippen MR) is 68.4 cm³/mol. The van der Waals surface area contributed by atoms with Crippen LogP contribution in [-0.4, -0.2) is 27.2 Å². The standard InChI is InChI=1S/C13H13F3N4O/c1-20-7-18-10(19-20)5-6-17-13(21)9-4-2-3-8(11(9)14)12(15)16/h2-4,7,12H,5-6H2,1H3,(H,17,21). The van der Waals surface area contributed by atoms with Gasteiger partial charge in [0.2, 0.25) is 0 Å². The summed E-state index contributed by atoms with van der Waals surface area (Å²) < 4.78 is 40.4. The number of hydrogen-bond donors (Lipinski definition) is 1. The van der Waals surface area contributed by atoms with Crippen LogP contribution in [0.3, 0.4) is 0 Å². The van der Waals surface area contributed by atoms with Crippen molar-refractivity contribution in [1.82, 2.24) is 20.1 Å². The average Bonchev–Trinajstić information content (AvgIpc) is 2.84. The molecule has 1 N–H and O–H groups in total. The van der Waals surface area contributed by atoms with Crippen LogP contribution in [-0.2, 0) is 13.5 Å². The molecule has 1 aromatic carbocycles. The summed E-state index contributed by atoms with van der Waals surface area (Å²) >= 11 is 0. The second-order valence-corrected chi connectivity index (χ2v) is 4.35. The van der Waals surface area contributed by atoms with Crippen molar-refractivity contribution in [1.29, 1.82) is 0 Å². The third kappa shape index (κ3) is 3.59. The summed E-state index contributed by atoms with van der Waals surface area (Å²) in [6.45, 7) is 0.182. The molecule has 21 heavy (non-hydrogen) atoms. The molecule has 112 valence electrons. The summed E-state index contributed by atoms with van der Waals surface area (Å²) in [6.07, 6.45) is -1.08. The van der Waals surface area contributed by atoms with Gasteiger partial charge in [-0.25, -0.2) is 18.2 Å². The van der Waals surface area contributed by atoms with E-state index in [1.165, 1.54) is 17.1 Å². The van der Waals surface area contributed by atoms with Crippen LogP contribution >= 0.6 is 0 Å². The highest BCUT2D eigenvalue weighted by Gasteiger charge is 2.19. The Morgan fingerprint density at radius 3 is 2.81 bits per heavy atom. The quantitative estimate of drug-likeness (QED) is 0.916. The lowest BCUT2D eigenvalue weighted by Crippen LogP contribution is -2.27. The Balaban J connectivity index is 1.99. The maximum atomic E-state index is 13.8. The van der Waals surface area contributed by atoms with Crippen LogP contribution in [0, 0.1) is 5.82 Å². The van der Waals surface area contributed by atoms with Crippen molar-refractivity contribution in [3.05, 3.63) is 47.3 Å². The van der Waals surface area contributed by atoms with E-state index in [-0.39, 0.29) is 6.54 Å². The minimum Gasteiger partial charge on any atom is -0.351 e. The molecule has 1 heterocycles. The van der Waals surface area contributed by atoms with Crippen molar-refractivity contribution in [2.75, 3.05) is 6.54 Å². The summed E-state index contributed by atoms with van der Waals surface area (Å²) in [7, 11) is 1.71. The molecule has 0 atom stereocenters. The highest BCUT2D eigenvalue weighted by molar-refractivity contribution is 5.94. The highest BCUT2D eigenvalue weighted by Crippen LogP contribution is 2.23. The number of nitrogens with one attached hydrogen (secondary N) is 1. The zero-order chi connectivity index (χ0) is 15.4. The van der Waals surface area contributed by atoms with Crippen molar-refractivity contribution < 1.29 is 18.0 Å². The Labute approximate surface area is 118 Å². The second-order valence-electron chi connectivity index (χ2n) is 4.35. The number of alkyl halides is 2. The Morgan fingerprint density at radius 1 is 1.43 bits per heavy atom. The number of nitrogens with zero attached hydrogens (tertiary/aromatic N) is 3. The van der Waals surface area contributed by atoms with E-state index >= 15 is 0 Å². The lowest BCUT2D eigenvalue weighted by atomic mass is 10.1. The van der Waals surface area contributed by atoms with Gasteiger partial charge in [0.25, 0.3) is 12.3 Å². The van der Waals surface area contributed by atoms with E-state index in [1.807, 2.05) is 0 Å². The van der Waals surface area contributed by atoms with E-state index in [0.717, 1.165) is 12.1 Å². The number of benzene rings is 1. The first-order valence-electron chi connectivity index (χ1n) is 6.18. The number of aromatic nitrogens is 3. The molecule has 2 rings (SSSR count). The Kier molecular flexibility index (Phi) is 4.56.